The van der Waals surface area contributed by atoms with E-state index in [-0.39, 0.29) is 11.8 Å². The normalized spacial score (nSPS) is 10.8. The molecule has 0 aliphatic carbocycles. The highest BCUT2D eigenvalue weighted by Crippen LogP contribution is 2.24. The smallest absolute Gasteiger partial charge is 0.261 e. The van der Waals surface area contributed by atoms with Crippen molar-refractivity contribution in [2.75, 3.05) is 10.6 Å². The maximum absolute atomic E-state index is 12.5. The zero-order chi connectivity index (χ0) is 19.5. The summed E-state index contributed by atoms with van der Waals surface area (Å²) >= 11 is 1.38. The molecule has 4 rings (SSSR count). The van der Waals surface area contributed by atoms with Gasteiger partial charge >= 0.3 is 0 Å². The third-order valence-electron chi connectivity index (χ3n) is 4.16. The summed E-state index contributed by atoms with van der Waals surface area (Å²) < 4.78 is 5.42. The van der Waals surface area contributed by atoms with Crippen LogP contribution < -0.4 is 10.6 Å². The lowest BCUT2D eigenvalue weighted by molar-refractivity contribution is -0.114. The van der Waals surface area contributed by atoms with Crippen LogP contribution in [0.3, 0.4) is 0 Å². The van der Waals surface area contributed by atoms with Crippen LogP contribution in [0.5, 0.6) is 0 Å². The molecule has 2 N–H and O–H groups in total. The van der Waals surface area contributed by atoms with Crippen molar-refractivity contribution in [1.29, 1.82) is 0 Å². The second-order valence-corrected chi connectivity index (χ2v) is 7.16. The van der Waals surface area contributed by atoms with E-state index < -0.39 is 0 Å². The van der Waals surface area contributed by atoms with Gasteiger partial charge in [0.25, 0.3) is 5.91 Å². The Kier molecular flexibility index (Phi) is 4.90. The Hall–Kier alpha value is -3.45. The first-order valence-electron chi connectivity index (χ1n) is 8.67. The summed E-state index contributed by atoms with van der Waals surface area (Å²) in [7, 11) is 0. The van der Waals surface area contributed by atoms with Crippen LogP contribution in [-0.2, 0) is 11.2 Å². The van der Waals surface area contributed by atoms with E-state index >= 15 is 0 Å². The molecule has 140 valence electrons. The molecule has 0 fully saturated rings. The molecule has 0 bridgehead atoms. The summed E-state index contributed by atoms with van der Waals surface area (Å²) in [6, 6.07) is 15.0. The number of furan rings is 1. The van der Waals surface area contributed by atoms with E-state index in [4.69, 9.17) is 4.42 Å². The lowest BCUT2D eigenvalue weighted by Crippen LogP contribution is -2.11. The number of hydrogen-bond acceptors (Lipinski definition) is 5. The molecular formula is C21H17N3O3S. The summed E-state index contributed by atoms with van der Waals surface area (Å²) in [5, 5.41) is 8.81. The van der Waals surface area contributed by atoms with Gasteiger partial charge in [0.15, 0.2) is 5.13 Å². The van der Waals surface area contributed by atoms with E-state index in [2.05, 4.69) is 15.6 Å². The van der Waals surface area contributed by atoms with Gasteiger partial charge in [-0.05, 0) is 23.8 Å². The number of nitrogens with one attached hydrogen (secondary N) is 2. The number of nitrogens with zero attached hydrogens (tertiary/aromatic N) is 1. The molecule has 4 aromatic rings. The minimum absolute atomic E-state index is 0.0990. The SMILES string of the molecule is CC(=O)Nc1ccc(Cc2csc(NC(=O)c3coc4ccccc34)n2)cc1. The number of fused-ring (bicyclic) bond motifs is 1. The molecule has 2 aromatic carbocycles. The lowest BCUT2D eigenvalue weighted by atomic mass is 10.1. The number of benzene rings is 2. The molecule has 0 saturated carbocycles. The minimum atomic E-state index is -0.245. The fraction of sp³-hybridized carbons (Fsp3) is 0.0952. The van der Waals surface area contributed by atoms with Crippen molar-refractivity contribution >= 4 is 44.9 Å². The highest BCUT2D eigenvalue weighted by Gasteiger charge is 2.15. The zero-order valence-electron chi connectivity index (χ0n) is 15.1. The summed E-state index contributed by atoms with van der Waals surface area (Å²) in [5.74, 6) is -0.344. The van der Waals surface area contributed by atoms with Gasteiger partial charge < -0.3 is 9.73 Å². The van der Waals surface area contributed by atoms with Crippen LogP contribution in [0.4, 0.5) is 10.8 Å². The molecule has 0 radical (unpaired) electrons. The Morgan fingerprint density at radius 1 is 1.07 bits per heavy atom. The van der Waals surface area contributed by atoms with Crippen molar-refractivity contribution in [3.05, 3.63) is 77.0 Å². The Balaban J connectivity index is 1.43. The number of para-hydroxylation sites is 1. The van der Waals surface area contributed by atoms with E-state index in [9.17, 15) is 9.59 Å². The average molecular weight is 391 g/mol. The number of thiazole rings is 1. The fourth-order valence-corrected chi connectivity index (χ4v) is 3.59. The van der Waals surface area contributed by atoms with Crippen molar-refractivity contribution in [2.45, 2.75) is 13.3 Å². The molecular weight excluding hydrogens is 374 g/mol. The van der Waals surface area contributed by atoms with Crippen molar-refractivity contribution in [2.24, 2.45) is 0 Å². The lowest BCUT2D eigenvalue weighted by Gasteiger charge is -2.03. The van der Waals surface area contributed by atoms with E-state index in [1.54, 1.807) is 0 Å². The molecule has 7 heteroatoms. The highest BCUT2D eigenvalue weighted by atomic mass is 32.1. The Bertz CT molecular complexity index is 1150. The summed E-state index contributed by atoms with van der Waals surface area (Å²) in [6.07, 6.45) is 2.10. The molecule has 0 aliphatic rings. The first kappa shape index (κ1) is 17.9. The van der Waals surface area contributed by atoms with Gasteiger partial charge in [0.2, 0.25) is 5.91 Å². The predicted molar refractivity (Wildman–Crippen MR) is 110 cm³/mol. The number of anilines is 2. The number of carbonyl (C=O) groups is 2. The van der Waals surface area contributed by atoms with E-state index in [1.807, 2.05) is 53.9 Å². The monoisotopic (exact) mass is 391 g/mol. The van der Waals surface area contributed by atoms with Gasteiger partial charge in [0, 0.05) is 29.8 Å². The van der Waals surface area contributed by atoms with Crippen LogP contribution in [0.2, 0.25) is 0 Å². The van der Waals surface area contributed by atoms with Gasteiger partial charge in [-0.3, -0.25) is 14.9 Å². The Morgan fingerprint density at radius 3 is 2.64 bits per heavy atom. The highest BCUT2D eigenvalue weighted by molar-refractivity contribution is 7.14. The van der Waals surface area contributed by atoms with E-state index in [0.29, 0.717) is 22.7 Å². The topological polar surface area (TPSA) is 84.2 Å². The number of hydrogen-bond donors (Lipinski definition) is 2. The molecule has 28 heavy (non-hydrogen) atoms. The van der Waals surface area contributed by atoms with Crippen LogP contribution >= 0.6 is 11.3 Å². The van der Waals surface area contributed by atoms with Crippen molar-refractivity contribution < 1.29 is 14.0 Å². The number of carbonyl (C=O) groups excluding carboxylic acids is 2. The van der Waals surface area contributed by atoms with Crippen LogP contribution in [0.1, 0.15) is 28.5 Å². The molecule has 2 heterocycles. The largest absolute Gasteiger partial charge is 0.463 e. The second-order valence-electron chi connectivity index (χ2n) is 6.30. The average Bonchev–Trinajstić information content (AvgIpc) is 3.29. The predicted octanol–water partition coefficient (Wildman–Crippen LogP) is 4.69. The summed E-state index contributed by atoms with van der Waals surface area (Å²) in [6.45, 7) is 1.48. The molecule has 0 spiro atoms. The molecule has 2 aromatic heterocycles. The fourth-order valence-electron chi connectivity index (χ4n) is 2.88. The molecule has 2 amide bonds. The van der Waals surface area contributed by atoms with Crippen LogP contribution in [-0.4, -0.2) is 16.8 Å². The third kappa shape index (κ3) is 3.94. The molecule has 0 atom stereocenters. The Morgan fingerprint density at radius 2 is 1.86 bits per heavy atom. The van der Waals surface area contributed by atoms with E-state index in [1.165, 1.54) is 24.5 Å². The zero-order valence-corrected chi connectivity index (χ0v) is 15.9. The maximum atomic E-state index is 12.5. The van der Waals surface area contributed by atoms with Crippen LogP contribution in [0.15, 0.2) is 64.6 Å². The minimum Gasteiger partial charge on any atom is -0.463 e. The van der Waals surface area contributed by atoms with Crippen molar-refractivity contribution in [3.63, 3.8) is 0 Å². The summed E-state index contributed by atoms with van der Waals surface area (Å²) in [5.41, 5.74) is 3.86. The number of amides is 2. The van der Waals surface area contributed by atoms with Crippen LogP contribution in [0.25, 0.3) is 11.0 Å². The van der Waals surface area contributed by atoms with E-state index in [0.717, 1.165) is 22.3 Å². The summed E-state index contributed by atoms with van der Waals surface area (Å²) in [4.78, 5) is 28.1. The van der Waals surface area contributed by atoms with Gasteiger partial charge in [-0.25, -0.2) is 4.98 Å². The first-order valence-corrected chi connectivity index (χ1v) is 9.55. The number of aromatic nitrogens is 1. The van der Waals surface area contributed by atoms with Gasteiger partial charge in [0.1, 0.15) is 11.8 Å². The quantitative estimate of drug-likeness (QED) is 0.517. The second kappa shape index (κ2) is 7.66. The van der Waals surface area contributed by atoms with Crippen molar-refractivity contribution in [3.8, 4) is 0 Å². The van der Waals surface area contributed by atoms with Crippen LogP contribution in [0, 0.1) is 0 Å². The molecule has 0 saturated heterocycles. The van der Waals surface area contributed by atoms with Gasteiger partial charge in [-0.15, -0.1) is 11.3 Å². The molecule has 0 unspecified atom stereocenters. The standard InChI is InChI=1S/C21H17N3O3S/c1-13(25)22-15-8-6-14(7-9-15)10-16-12-28-21(23-16)24-20(26)18-11-27-19-5-3-2-4-17(18)19/h2-9,11-12H,10H2,1H3,(H,22,25)(H,23,24,26). The van der Waals surface area contributed by atoms with Gasteiger partial charge in [-0.1, -0.05) is 30.3 Å². The number of rotatable bonds is 5. The first-order chi connectivity index (χ1) is 13.6. The van der Waals surface area contributed by atoms with Crippen molar-refractivity contribution in [1.82, 2.24) is 4.98 Å². The molecule has 0 aliphatic heterocycles. The van der Waals surface area contributed by atoms with Gasteiger partial charge in [-0.2, -0.15) is 0 Å². The Labute approximate surface area is 165 Å². The maximum Gasteiger partial charge on any atom is 0.261 e. The molecule has 6 nitrogen and oxygen atoms in total. The third-order valence-corrected chi connectivity index (χ3v) is 4.96. The van der Waals surface area contributed by atoms with Gasteiger partial charge in [0.05, 0.1) is 11.3 Å².